The zero-order valence-electron chi connectivity index (χ0n) is 12.6. The van der Waals surface area contributed by atoms with Crippen molar-refractivity contribution in [3.63, 3.8) is 0 Å². The Morgan fingerprint density at radius 1 is 1.36 bits per heavy atom. The lowest BCUT2D eigenvalue weighted by Crippen LogP contribution is -2.37. The predicted octanol–water partition coefficient (Wildman–Crippen LogP) is 2.06. The molecular formula is C16H21N3O3. The van der Waals surface area contributed by atoms with Gasteiger partial charge in [0.25, 0.3) is 0 Å². The van der Waals surface area contributed by atoms with Crippen molar-refractivity contribution in [2.45, 2.75) is 50.6 Å². The number of hydrogen-bond acceptors (Lipinski definition) is 4. The molecule has 2 aliphatic heterocycles. The maximum absolute atomic E-state index is 12.4. The first-order valence-electron chi connectivity index (χ1n) is 7.90. The minimum atomic E-state index is -0.747. The van der Waals surface area contributed by atoms with E-state index in [4.69, 9.17) is 6.42 Å². The SMILES string of the molecule is C#CCCC1(CCC(=O)N2C[C@@H]3CCC[C@]3(C(=O)O)C2)N=N1. The van der Waals surface area contributed by atoms with E-state index in [0.717, 1.165) is 12.8 Å². The van der Waals surface area contributed by atoms with Gasteiger partial charge in [0, 0.05) is 38.8 Å². The summed E-state index contributed by atoms with van der Waals surface area (Å²) >= 11 is 0. The summed E-state index contributed by atoms with van der Waals surface area (Å²) < 4.78 is 0. The fraction of sp³-hybridized carbons (Fsp3) is 0.750. The van der Waals surface area contributed by atoms with Crippen LogP contribution in [0.2, 0.25) is 0 Å². The van der Waals surface area contributed by atoms with Crippen molar-refractivity contribution in [3.05, 3.63) is 0 Å². The van der Waals surface area contributed by atoms with Crippen molar-refractivity contribution in [1.82, 2.24) is 4.90 Å². The van der Waals surface area contributed by atoms with Crippen LogP contribution in [-0.2, 0) is 9.59 Å². The Labute approximate surface area is 130 Å². The van der Waals surface area contributed by atoms with Crippen LogP contribution in [0.3, 0.4) is 0 Å². The maximum Gasteiger partial charge on any atom is 0.311 e. The monoisotopic (exact) mass is 303 g/mol. The summed E-state index contributed by atoms with van der Waals surface area (Å²) in [6.07, 6.45) is 10.0. The summed E-state index contributed by atoms with van der Waals surface area (Å²) in [5, 5.41) is 17.6. The number of carboxylic acids is 1. The van der Waals surface area contributed by atoms with E-state index in [2.05, 4.69) is 16.1 Å². The Kier molecular flexibility index (Phi) is 3.67. The van der Waals surface area contributed by atoms with Crippen LogP contribution in [-0.4, -0.2) is 40.6 Å². The molecule has 22 heavy (non-hydrogen) atoms. The minimum Gasteiger partial charge on any atom is -0.481 e. The van der Waals surface area contributed by atoms with Crippen LogP contribution >= 0.6 is 0 Å². The first kappa shape index (κ1) is 15.0. The molecule has 118 valence electrons. The Morgan fingerprint density at radius 3 is 2.73 bits per heavy atom. The van der Waals surface area contributed by atoms with Gasteiger partial charge in [-0.3, -0.25) is 9.59 Å². The molecule has 1 N–H and O–H groups in total. The third kappa shape index (κ3) is 2.49. The first-order valence-corrected chi connectivity index (χ1v) is 7.90. The Morgan fingerprint density at radius 2 is 2.14 bits per heavy atom. The molecule has 0 aromatic rings. The zero-order valence-corrected chi connectivity index (χ0v) is 12.6. The quantitative estimate of drug-likeness (QED) is 0.762. The van der Waals surface area contributed by atoms with Gasteiger partial charge in [-0.05, 0) is 18.8 Å². The molecule has 0 bridgehead atoms. The van der Waals surface area contributed by atoms with Gasteiger partial charge in [0.05, 0.1) is 5.41 Å². The average Bonchev–Trinajstić information content (AvgIpc) is 2.97. The molecule has 2 fully saturated rings. The van der Waals surface area contributed by atoms with E-state index in [1.165, 1.54) is 0 Å². The van der Waals surface area contributed by atoms with Crippen molar-refractivity contribution < 1.29 is 14.7 Å². The number of aliphatic carboxylic acids is 1. The van der Waals surface area contributed by atoms with Crippen molar-refractivity contribution in [1.29, 1.82) is 0 Å². The molecule has 1 aliphatic carbocycles. The number of carboxylic acid groups (broad SMARTS) is 1. The highest BCUT2D eigenvalue weighted by Gasteiger charge is 2.55. The maximum atomic E-state index is 12.4. The zero-order chi connectivity index (χ0) is 15.8. The molecule has 1 amide bonds. The topological polar surface area (TPSA) is 82.3 Å². The highest BCUT2D eigenvalue weighted by atomic mass is 16.4. The van der Waals surface area contributed by atoms with Gasteiger partial charge in [-0.15, -0.1) is 12.3 Å². The molecule has 0 unspecified atom stereocenters. The highest BCUT2D eigenvalue weighted by Crippen LogP contribution is 2.49. The Bertz CT molecular complexity index is 559. The van der Waals surface area contributed by atoms with Crippen LogP contribution in [0, 0.1) is 23.7 Å². The third-order valence-electron chi connectivity index (χ3n) is 5.44. The lowest BCUT2D eigenvalue weighted by Gasteiger charge is -2.23. The van der Waals surface area contributed by atoms with Crippen molar-refractivity contribution in [2.24, 2.45) is 21.6 Å². The molecule has 2 heterocycles. The number of fused-ring (bicyclic) bond motifs is 1. The van der Waals surface area contributed by atoms with Crippen LogP contribution in [0.1, 0.15) is 44.9 Å². The van der Waals surface area contributed by atoms with Gasteiger partial charge in [-0.25, -0.2) is 0 Å². The summed E-state index contributed by atoms with van der Waals surface area (Å²) in [4.78, 5) is 25.8. The van der Waals surface area contributed by atoms with E-state index >= 15 is 0 Å². The standard InChI is InChI=1S/C16H21N3O3/c1-2-3-8-16(17-18-16)9-6-13(20)19-10-12-5-4-7-15(12,11-19)14(21)22/h1,12H,3-11H2,(H,21,22)/t12-,15-/m0/s1. The van der Waals surface area contributed by atoms with Crippen molar-refractivity contribution in [3.8, 4) is 12.3 Å². The van der Waals surface area contributed by atoms with Gasteiger partial charge >= 0.3 is 5.97 Å². The molecule has 0 aromatic carbocycles. The lowest BCUT2D eigenvalue weighted by molar-refractivity contribution is -0.149. The molecule has 1 saturated carbocycles. The smallest absolute Gasteiger partial charge is 0.311 e. The Hall–Kier alpha value is -1.90. The summed E-state index contributed by atoms with van der Waals surface area (Å²) in [6.45, 7) is 0.939. The largest absolute Gasteiger partial charge is 0.481 e. The lowest BCUT2D eigenvalue weighted by atomic mass is 9.81. The summed E-state index contributed by atoms with van der Waals surface area (Å²) in [6, 6.07) is 0. The molecular weight excluding hydrogens is 282 g/mol. The van der Waals surface area contributed by atoms with E-state index in [-0.39, 0.29) is 11.8 Å². The van der Waals surface area contributed by atoms with Gasteiger partial charge < -0.3 is 10.0 Å². The predicted molar refractivity (Wildman–Crippen MR) is 78.9 cm³/mol. The highest BCUT2D eigenvalue weighted by molar-refractivity contribution is 5.81. The minimum absolute atomic E-state index is 0.0207. The molecule has 2 atom stereocenters. The number of nitrogens with zero attached hydrogens (tertiary/aromatic N) is 3. The average molecular weight is 303 g/mol. The molecule has 1 saturated heterocycles. The van der Waals surface area contributed by atoms with E-state index in [1.807, 2.05) is 0 Å². The number of carbonyl (C=O) groups excluding carboxylic acids is 1. The summed E-state index contributed by atoms with van der Waals surface area (Å²) in [7, 11) is 0. The molecule has 3 rings (SSSR count). The van der Waals surface area contributed by atoms with Gasteiger partial charge in [0.15, 0.2) is 5.66 Å². The van der Waals surface area contributed by atoms with Crippen molar-refractivity contribution in [2.75, 3.05) is 13.1 Å². The number of amides is 1. The van der Waals surface area contributed by atoms with Gasteiger partial charge in [-0.1, -0.05) is 6.42 Å². The van der Waals surface area contributed by atoms with Crippen LogP contribution in [0.25, 0.3) is 0 Å². The van der Waals surface area contributed by atoms with Crippen molar-refractivity contribution >= 4 is 11.9 Å². The molecule has 0 aromatic heterocycles. The van der Waals surface area contributed by atoms with Gasteiger partial charge in [-0.2, -0.15) is 10.2 Å². The van der Waals surface area contributed by atoms with E-state index < -0.39 is 17.0 Å². The second-order valence-electron chi connectivity index (χ2n) is 6.71. The van der Waals surface area contributed by atoms with Crippen LogP contribution in [0.5, 0.6) is 0 Å². The molecule has 0 radical (unpaired) electrons. The normalized spacial score (nSPS) is 30.9. The summed E-state index contributed by atoms with van der Waals surface area (Å²) in [5.41, 5.74) is -1.15. The number of rotatable bonds is 6. The molecule has 6 heteroatoms. The number of terminal acetylenes is 1. The number of likely N-dealkylation sites (tertiary alicyclic amines) is 1. The number of carbonyl (C=O) groups is 2. The van der Waals surface area contributed by atoms with E-state index in [9.17, 15) is 14.7 Å². The second kappa shape index (κ2) is 5.38. The second-order valence-corrected chi connectivity index (χ2v) is 6.71. The third-order valence-corrected chi connectivity index (χ3v) is 5.44. The fourth-order valence-electron chi connectivity index (χ4n) is 3.96. The molecule has 0 spiro atoms. The van der Waals surface area contributed by atoms with E-state index in [0.29, 0.717) is 45.2 Å². The van der Waals surface area contributed by atoms with Gasteiger partial charge in [0.1, 0.15) is 0 Å². The molecule has 3 aliphatic rings. The first-order chi connectivity index (χ1) is 10.5. The van der Waals surface area contributed by atoms with Crippen LogP contribution in [0.15, 0.2) is 10.2 Å². The van der Waals surface area contributed by atoms with Gasteiger partial charge in [0.2, 0.25) is 5.91 Å². The fourth-order valence-corrected chi connectivity index (χ4v) is 3.96. The Balaban J connectivity index is 1.54. The van der Waals surface area contributed by atoms with Crippen LogP contribution in [0.4, 0.5) is 0 Å². The summed E-state index contributed by atoms with van der Waals surface area (Å²) in [5.74, 6) is 1.95. The molecule has 6 nitrogen and oxygen atoms in total. The van der Waals surface area contributed by atoms with E-state index in [1.54, 1.807) is 4.90 Å². The van der Waals surface area contributed by atoms with Crippen LogP contribution < -0.4 is 0 Å². The number of hydrogen-bond donors (Lipinski definition) is 1.